The van der Waals surface area contributed by atoms with Crippen molar-refractivity contribution in [3.05, 3.63) is 33.4 Å². The van der Waals surface area contributed by atoms with Crippen molar-refractivity contribution in [1.29, 1.82) is 5.26 Å². The lowest BCUT2D eigenvalue weighted by Crippen LogP contribution is -2.29. The fraction of sp³-hybridized carbons (Fsp3) is 0.458. The zero-order chi connectivity index (χ0) is 26.0. The number of aliphatic hydroxyl groups excluding tert-OH is 1. The minimum absolute atomic E-state index is 0.0642. The molecule has 2 aromatic heterocycles. The van der Waals surface area contributed by atoms with Crippen LogP contribution in [-0.2, 0) is 11.3 Å². The van der Waals surface area contributed by atoms with Gasteiger partial charge in [-0.1, -0.05) is 23.2 Å². The van der Waals surface area contributed by atoms with E-state index in [0.29, 0.717) is 56.6 Å². The summed E-state index contributed by atoms with van der Waals surface area (Å²) in [7, 11) is 0. The van der Waals surface area contributed by atoms with Gasteiger partial charge in [0.15, 0.2) is 5.65 Å². The second-order valence-corrected chi connectivity index (χ2v) is 10.1. The van der Waals surface area contributed by atoms with E-state index >= 15 is 0 Å². The highest BCUT2D eigenvalue weighted by Crippen LogP contribution is 2.36. The van der Waals surface area contributed by atoms with Gasteiger partial charge in [0.2, 0.25) is 17.8 Å². The molecule has 1 amide bonds. The first-order chi connectivity index (χ1) is 17.2. The predicted octanol–water partition coefficient (Wildman–Crippen LogP) is 4.14. The molecule has 1 atom stereocenters. The molecule has 12 heteroatoms. The lowest BCUT2D eigenvalue weighted by Gasteiger charge is -2.27. The number of primary amides is 1. The van der Waals surface area contributed by atoms with Crippen molar-refractivity contribution in [2.75, 3.05) is 17.2 Å². The van der Waals surface area contributed by atoms with E-state index in [2.05, 4.69) is 15.6 Å². The lowest BCUT2D eigenvalue weighted by molar-refractivity contribution is -0.123. The zero-order valence-corrected chi connectivity index (χ0v) is 21.6. The number of hydrogen-bond acceptors (Lipinski definition) is 8. The topological polar surface area (TPSA) is 155 Å². The van der Waals surface area contributed by atoms with E-state index in [0.717, 1.165) is 25.7 Å². The Morgan fingerprint density at radius 2 is 1.92 bits per heavy atom. The smallest absolute Gasteiger partial charge is 0.225 e. The number of carbonyl (C=O) groups excluding carboxylic acids is 1. The molecule has 1 saturated carbocycles. The first-order valence-corrected chi connectivity index (χ1v) is 12.5. The maximum absolute atomic E-state index is 11.6. The van der Waals surface area contributed by atoms with Gasteiger partial charge in [-0.15, -0.1) is 0 Å². The van der Waals surface area contributed by atoms with Crippen LogP contribution in [0.5, 0.6) is 0 Å². The van der Waals surface area contributed by atoms with Crippen LogP contribution in [0.4, 0.5) is 17.6 Å². The van der Waals surface area contributed by atoms with Crippen LogP contribution in [0.25, 0.3) is 11.2 Å². The third-order valence-electron chi connectivity index (χ3n) is 6.52. The molecule has 0 spiro atoms. The van der Waals surface area contributed by atoms with Crippen LogP contribution in [0.3, 0.4) is 0 Å². The molecular formula is C24H28Cl2N8O2. The summed E-state index contributed by atoms with van der Waals surface area (Å²) >= 11 is 12.9. The number of nitrogens with one attached hydrogen (secondary N) is 2. The Labute approximate surface area is 218 Å². The van der Waals surface area contributed by atoms with E-state index in [4.69, 9.17) is 38.9 Å². The average Bonchev–Trinajstić information content (AvgIpc) is 3.18. The third-order valence-corrected chi connectivity index (χ3v) is 7.11. The van der Waals surface area contributed by atoms with Crippen molar-refractivity contribution < 1.29 is 9.90 Å². The summed E-state index contributed by atoms with van der Waals surface area (Å²) in [6, 6.07) is 4.89. The number of fused-ring (bicyclic) bond motifs is 1. The van der Waals surface area contributed by atoms with E-state index in [1.807, 2.05) is 24.5 Å². The van der Waals surface area contributed by atoms with Gasteiger partial charge in [0.25, 0.3) is 0 Å². The molecule has 1 aromatic carbocycles. The number of halogens is 2. The Hall–Kier alpha value is -3.13. The van der Waals surface area contributed by atoms with Gasteiger partial charge < -0.3 is 21.5 Å². The standard InChI is InChI=1S/C24H28Cl2N8O2/c1-12(11-35)29-23-30-13(2)19-22(33-23)34(10-14-3-5-16(6-4-14)21(28)36)24(31-19)32-20-17(25)7-15(9-27)8-18(20)26/h7-8,12,14,16,35H,3-6,10-11H2,1-2H3,(H2,28,36)(H,31,32)(H,29,30,33)/t12-,14?,16?/m0/s1. The summed E-state index contributed by atoms with van der Waals surface area (Å²) in [5.41, 5.74) is 8.21. The Bertz CT molecular complexity index is 1300. The Balaban J connectivity index is 1.75. The van der Waals surface area contributed by atoms with Gasteiger partial charge in [-0.25, -0.2) is 9.97 Å². The van der Waals surface area contributed by atoms with E-state index in [1.54, 1.807) is 0 Å². The normalized spacial score (nSPS) is 18.6. The van der Waals surface area contributed by atoms with Gasteiger partial charge in [0, 0.05) is 18.5 Å². The molecule has 3 aromatic rings. The molecule has 2 heterocycles. The molecule has 4 rings (SSSR count). The molecule has 0 aliphatic heterocycles. The summed E-state index contributed by atoms with van der Waals surface area (Å²) in [5, 5.41) is 25.6. The van der Waals surface area contributed by atoms with Gasteiger partial charge in [-0.3, -0.25) is 9.36 Å². The van der Waals surface area contributed by atoms with Gasteiger partial charge in [0.1, 0.15) is 5.52 Å². The van der Waals surface area contributed by atoms with Crippen LogP contribution in [-0.4, -0.2) is 43.2 Å². The summed E-state index contributed by atoms with van der Waals surface area (Å²) in [4.78, 5) is 25.6. The fourth-order valence-corrected chi connectivity index (χ4v) is 5.07. The maximum atomic E-state index is 11.6. The van der Waals surface area contributed by atoms with Crippen molar-refractivity contribution in [2.24, 2.45) is 17.6 Å². The first-order valence-electron chi connectivity index (χ1n) is 11.8. The van der Waals surface area contributed by atoms with E-state index < -0.39 is 0 Å². The van der Waals surface area contributed by atoms with Crippen molar-refractivity contribution in [2.45, 2.75) is 52.1 Å². The van der Waals surface area contributed by atoms with Crippen LogP contribution >= 0.6 is 23.2 Å². The molecule has 1 aliphatic carbocycles. The average molecular weight is 531 g/mol. The monoisotopic (exact) mass is 530 g/mol. The number of nitrogens with zero attached hydrogens (tertiary/aromatic N) is 5. The predicted molar refractivity (Wildman–Crippen MR) is 139 cm³/mol. The van der Waals surface area contributed by atoms with Gasteiger partial charge in [-0.2, -0.15) is 10.2 Å². The van der Waals surface area contributed by atoms with Crippen LogP contribution < -0.4 is 16.4 Å². The number of nitriles is 1. The molecule has 5 N–H and O–H groups in total. The Morgan fingerprint density at radius 1 is 1.25 bits per heavy atom. The van der Waals surface area contributed by atoms with Crippen molar-refractivity contribution in [3.8, 4) is 6.07 Å². The number of hydrogen-bond donors (Lipinski definition) is 4. The molecular weight excluding hydrogens is 503 g/mol. The van der Waals surface area contributed by atoms with Crippen LogP contribution in [0.2, 0.25) is 10.0 Å². The Kier molecular flexibility index (Phi) is 7.83. The van der Waals surface area contributed by atoms with Crippen molar-refractivity contribution >= 4 is 57.9 Å². The van der Waals surface area contributed by atoms with Crippen molar-refractivity contribution in [1.82, 2.24) is 19.5 Å². The third kappa shape index (κ3) is 5.48. The maximum Gasteiger partial charge on any atom is 0.225 e. The highest BCUT2D eigenvalue weighted by Gasteiger charge is 2.27. The summed E-state index contributed by atoms with van der Waals surface area (Å²) in [6.07, 6.45) is 3.19. The second-order valence-electron chi connectivity index (χ2n) is 9.25. The highest BCUT2D eigenvalue weighted by atomic mass is 35.5. The van der Waals surface area contributed by atoms with E-state index in [1.165, 1.54) is 12.1 Å². The minimum Gasteiger partial charge on any atom is -0.394 e. The highest BCUT2D eigenvalue weighted by molar-refractivity contribution is 6.39. The van der Waals surface area contributed by atoms with Crippen LogP contribution in [0.1, 0.15) is 43.9 Å². The second kappa shape index (κ2) is 10.9. The van der Waals surface area contributed by atoms with Crippen LogP contribution in [0.15, 0.2) is 12.1 Å². The van der Waals surface area contributed by atoms with Gasteiger partial charge in [0.05, 0.1) is 39.7 Å². The molecule has 1 aliphatic rings. The first kappa shape index (κ1) is 25.9. The van der Waals surface area contributed by atoms with Gasteiger partial charge in [-0.05, 0) is 57.6 Å². The minimum atomic E-state index is -0.244. The molecule has 0 radical (unpaired) electrons. The SMILES string of the molecule is Cc1nc(N[C@@H](C)CO)nc2c1nc(Nc1c(Cl)cc(C#N)cc1Cl)n2CC1CCC(C(N)=O)CC1. The molecule has 0 unspecified atom stereocenters. The number of rotatable bonds is 8. The number of imidazole rings is 1. The van der Waals surface area contributed by atoms with E-state index in [-0.39, 0.29) is 30.4 Å². The molecule has 0 saturated heterocycles. The number of carbonyl (C=O) groups is 1. The fourth-order valence-electron chi connectivity index (χ4n) is 4.49. The number of aryl methyl sites for hydroxylation is 1. The van der Waals surface area contributed by atoms with Crippen LogP contribution in [0, 0.1) is 30.1 Å². The summed E-state index contributed by atoms with van der Waals surface area (Å²) in [5.74, 6) is 0.830. The number of anilines is 3. The molecule has 36 heavy (non-hydrogen) atoms. The summed E-state index contributed by atoms with van der Waals surface area (Å²) in [6.45, 7) is 4.21. The number of amides is 1. The quantitative estimate of drug-likeness (QED) is 0.338. The van der Waals surface area contributed by atoms with E-state index in [9.17, 15) is 15.2 Å². The molecule has 0 bridgehead atoms. The Morgan fingerprint density at radius 3 is 2.50 bits per heavy atom. The molecule has 1 fully saturated rings. The van der Waals surface area contributed by atoms with Gasteiger partial charge >= 0.3 is 0 Å². The van der Waals surface area contributed by atoms with Crippen molar-refractivity contribution in [3.63, 3.8) is 0 Å². The number of nitrogens with two attached hydrogens (primary N) is 1. The molecule has 10 nitrogen and oxygen atoms in total. The largest absolute Gasteiger partial charge is 0.394 e. The lowest BCUT2D eigenvalue weighted by atomic mass is 9.81. The molecule has 190 valence electrons. The summed E-state index contributed by atoms with van der Waals surface area (Å²) < 4.78 is 1.97. The zero-order valence-electron chi connectivity index (χ0n) is 20.1. The number of benzene rings is 1. The number of aromatic nitrogens is 4. The number of aliphatic hydroxyl groups is 1.